The van der Waals surface area contributed by atoms with Gasteiger partial charge in [0.05, 0.1) is 18.7 Å². The summed E-state index contributed by atoms with van der Waals surface area (Å²) < 4.78 is 21.4. The number of carbonyl (C=O) groups is 1. The average molecular weight is 372 g/mol. The monoisotopic (exact) mass is 372 g/mol. The smallest absolute Gasteiger partial charge is 0.253 e. The molecule has 3 heterocycles. The standard InChI is InChI=1S/C20H25FN4O2/c1-23-12-9-22-18(23)13-24-10-2-7-20(8-11-24)15-25(19(26)14-27-20)17-5-3-16(21)4-6-17/h3-6,9,12H,2,7-8,10-11,13-15H2,1H3. The van der Waals surface area contributed by atoms with Crippen LogP contribution in [0.3, 0.4) is 0 Å². The zero-order valence-corrected chi connectivity index (χ0v) is 15.6. The number of imidazole rings is 1. The van der Waals surface area contributed by atoms with Gasteiger partial charge < -0.3 is 14.2 Å². The fraction of sp³-hybridized carbons (Fsp3) is 0.500. The zero-order chi connectivity index (χ0) is 18.9. The van der Waals surface area contributed by atoms with Crippen LogP contribution in [-0.2, 0) is 23.1 Å². The van der Waals surface area contributed by atoms with E-state index in [0.717, 1.165) is 50.4 Å². The Morgan fingerprint density at radius 1 is 1.22 bits per heavy atom. The maximum atomic E-state index is 13.2. The van der Waals surface area contributed by atoms with E-state index in [1.807, 2.05) is 24.0 Å². The van der Waals surface area contributed by atoms with E-state index in [-0.39, 0.29) is 23.9 Å². The van der Waals surface area contributed by atoms with Gasteiger partial charge in [-0.1, -0.05) is 0 Å². The van der Waals surface area contributed by atoms with Gasteiger partial charge in [0, 0.05) is 31.7 Å². The van der Waals surface area contributed by atoms with Crippen molar-refractivity contribution in [2.45, 2.75) is 31.4 Å². The van der Waals surface area contributed by atoms with Crippen molar-refractivity contribution in [3.05, 3.63) is 48.3 Å². The number of ether oxygens (including phenoxy) is 1. The third-order valence-electron chi connectivity index (χ3n) is 5.66. The second kappa shape index (κ2) is 7.40. The van der Waals surface area contributed by atoms with Gasteiger partial charge in [-0.25, -0.2) is 9.37 Å². The Balaban J connectivity index is 1.45. The summed E-state index contributed by atoms with van der Waals surface area (Å²) in [5.74, 6) is 0.688. The molecule has 1 unspecified atom stereocenters. The Hall–Kier alpha value is -2.25. The van der Waals surface area contributed by atoms with Crippen molar-refractivity contribution in [2.75, 3.05) is 31.1 Å². The van der Waals surface area contributed by atoms with E-state index in [2.05, 4.69) is 9.88 Å². The Morgan fingerprint density at radius 2 is 2.04 bits per heavy atom. The van der Waals surface area contributed by atoms with Crippen LogP contribution < -0.4 is 4.90 Å². The third-order valence-corrected chi connectivity index (χ3v) is 5.66. The highest BCUT2D eigenvalue weighted by Gasteiger charge is 2.41. The maximum absolute atomic E-state index is 13.2. The number of amides is 1. The lowest BCUT2D eigenvalue weighted by Crippen LogP contribution is -2.55. The van der Waals surface area contributed by atoms with E-state index in [0.29, 0.717) is 6.54 Å². The first kappa shape index (κ1) is 18.1. The molecule has 0 radical (unpaired) electrons. The first-order valence-electron chi connectivity index (χ1n) is 9.43. The number of hydrogen-bond acceptors (Lipinski definition) is 4. The largest absolute Gasteiger partial charge is 0.363 e. The lowest BCUT2D eigenvalue weighted by atomic mass is 9.92. The molecule has 1 spiro atoms. The van der Waals surface area contributed by atoms with Gasteiger partial charge in [0.25, 0.3) is 5.91 Å². The van der Waals surface area contributed by atoms with E-state index in [1.54, 1.807) is 17.0 Å². The Morgan fingerprint density at radius 3 is 2.78 bits per heavy atom. The number of aryl methyl sites for hydroxylation is 1. The number of hydrogen-bond donors (Lipinski definition) is 0. The molecule has 1 atom stereocenters. The minimum Gasteiger partial charge on any atom is -0.363 e. The molecular formula is C20H25FN4O2. The van der Waals surface area contributed by atoms with Crippen LogP contribution in [0.4, 0.5) is 10.1 Å². The molecule has 1 amide bonds. The van der Waals surface area contributed by atoms with E-state index in [9.17, 15) is 9.18 Å². The quantitative estimate of drug-likeness (QED) is 0.830. The molecule has 1 aromatic heterocycles. The van der Waals surface area contributed by atoms with Gasteiger partial charge in [-0.15, -0.1) is 0 Å². The second-order valence-corrected chi connectivity index (χ2v) is 7.51. The van der Waals surface area contributed by atoms with Gasteiger partial charge in [-0.05, 0) is 50.1 Å². The average Bonchev–Trinajstić information content (AvgIpc) is 2.96. The number of carbonyl (C=O) groups excluding carboxylic acids is 1. The van der Waals surface area contributed by atoms with Crippen LogP contribution in [-0.4, -0.2) is 52.2 Å². The van der Waals surface area contributed by atoms with E-state index in [1.165, 1.54) is 12.1 Å². The summed E-state index contributed by atoms with van der Waals surface area (Å²) in [5.41, 5.74) is 0.400. The number of rotatable bonds is 3. The number of morpholine rings is 1. The number of anilines is 1. The minimum absolute atomic E-state index is 0.0682. The topological polar surface area (TPSA) is 50.6 Å². The van der Waals surface area contributed by atoms with Gasteiger partial charge in [0.2, 0.25) is 0 Å². The SMILES string of the molecule is Cn1ccnc1CN1CCCC2(CC1)CN(c1ccc(F)cc1)C(=O)CO2. The molecule has 0 N–H and O–H groups in total. The Kier molecular flexibility index (Phi) is 4.97. The molecule has 6 nitrogen and oxygen atoms in total. The van der Waals surface area contributed by atoms with Crippen molar-refractivity contribution in [3.8, 4) is 0 Å². The predicted molar refractivity (Wildman–Crippen MR) is 99.8 cm³/mol. The van der Waals surface area contributed by atoms with Crippen molar-refractivity contribution in [3.63, 3.8) is 0 Å². The van der Waals surface area contributed by atoms with Gasteiger partial charge >= 0.3 is 0 Å². The first-order chi connectivity index (χ1) is 13.0. The summed E-state index contributed by atoms with van der Waals surface area (Å²) in [6.07, 6.45) is 6.57. The zero-order valence-electron chi connectivity index (χ0n) is 15.6. The highest BCUT2D eigenvalue weighted by molar-refractivity contribution is 5.95. The van der Waals surface area contributed by atoms with Crippen LogP contribution in [0.1, 0.15) is 25.1 Å². The molecular weight excluding hydrogens is 347 g/mol. The molecule has 7 heteroatoms. The predicted octanol–water partition coefficient (Wildman–Crippen LogP) is 2.35. The summed E-state index contributed by atoms with van der Waals surface area (Å²) in [6.45, 7) is 3.31. The lowest BCUT2D eigenvalue weighted by molar-refractivity contribution is -0.140. The summed E-state index contributed by atoms with van der Waals surface area (Å²) >= 11 is 0. The molecule has 2 fully saturated rings. The first-order valence-corrected chi connectivity index (χ1v) is 9.43. The van der Waals surface area contributed by atoms with Crippen molar-refractivity contribution in [2.24, 2.45) is 7.05 Å². The van der Waals surface area contributed by atoms with E-state index in [4.69, 9.17) is 4.74 Å². The molecule has 4 rings (SSSR count). The van der Waals surface area contributed by atoms with Crippen LogP contribution >= 0.6 is 0 Å². The van der Waals surface area contributed by atoms with Crippen molar-refractivity contribution in [1.82, 2.24) is 14.5 Å². The molecule has 2 aliphatic rings. The van der Waals surface area contributed by atoms with Crippen LogP contribution in [0.5, 0.6) is 0 Å². The molecule has 144 valence electrons. The van der Waals surface area contributed by atoms with E-state index >= 15 is 0 Å². The maximum Gasteiger partial charge on any atom is 0.253 e. The fourth-order valence-electron chi connectivity index (χ4n) is 4.00. The van der Waals surface area contributed by atoms with Gasteiger partial charge in [0.1, 0.15) is 18.2 Å². The third kappa shape index (κ3) is 3.89. The van der Waals surface area contributed by atoms with Crippen molar-refractivity contribution >= 4 is 11.6 Å². The number of likely N-dealkylation sites (tertiary alicyclic amines) is 1. The summed E-state index contributed by atoms with van der Waals surface area (Å²) in [7, 11) is 2.01. The molecule has 0 saturated carbocycles. The van der Waals surface area contributed by atoms with Gasteiger partial charge in [0.15, 0.2) is 0 Å². The fourth-order valence-corrected chi connectivity index (χ4v) is 4.00. The molecule has 27 heavy (non-hydrogen) atoms. The second-order valence-electron chi connectivity index (χ2n) is 7.51. The Labute approximate surface area is 158 Å². The van der Waals surface area contributed by atoms with E-state index < -0.39 is 0 Å². The van der Waals surface area contributed by atoms with Crippen LogP contribution in [0.15, 0.2) is 36.7 Å². The summed E-state index contributed by atoms with van der Waals surface area (Å²) in [6, 6.07) is 6.12. The molecule has 2 saturated heterocycles. The van der Waals surface area contributed by atoms with Gasteiger partial charge in [-0.3, -0.25) is 9.69 Å². The molecule has 2 aliphatic heterocycles. The molecule has 2 aromatic rings. The molecule has 1 aromatic carbocycles. The highest BCUT2D eigenvalue weighted by atomic mass is 19.1. The number of benzene rings is 1. The van der Waals surface area contributed by atoms with Crippen LogP contribution in [0, 0.1) is 5.82 Å². The van der Waals surface area contributed by atoms with Crippen molar-refractivity contribution < 1.29 is 13.9 Å². The minimum atomic E-state index is -0.335. The number of nitrogens with zero attached hydrogens (tertiary/aromatic N) is 4. The van der Waals surface area contributed by atoms with Crippen molar-refractivity contribution in [1.29, 1.82) is 0 Å². The number of aromatic nitrogens is 2. The van der Waals surface area contributed by atoms with Crippen LogP contribution in [0.2, 0.25) is 0 Å². The summed E-state index contributed by atoms with van der Waals surface area (Å²) in [4.78, 5) is 21.0. The number of halogens is 1. The Bertz CT molecular complexity index is 807. The van der Waals surface area contributed by atoms with Crippen LogP contribution in [0.25, 0.3) is 0 Å². The highest BCUT2D eigenvalue weighted by Crippen LogP contribution is 2.33. The normalized spacial score (nSPS) is 24.4. The molecule has 0 bridgehead atoms. The molecule has 0 aliphatic carbocycles. The lowest BCUT2D eigenvalue weighted by Gasteiger charge is -2.42. The van der Waals surface area contributed by atoms with Gasteiger partial charge in [-0.2, -0.15) is 0 Å². The summed E-state index contributed by atoms with van der Waals surface area (Å²) in [5, 5.41) is 0.